The third kappa shape index (κ3) is 6.27. The molecule has 3 rings (SSSR count). The van der Waals surface area contributed by atoms with E-state index in [-0.39, 0.29) is 34.0 Å². The molecular formula is C18H21FN4O6S2. The molecule has 2 atom stereocenters. The maximum Gasteiger partial charge on any atom is 0.280 e. The van der Waals surface area contributed by atoms with Crippen LogP contribution in [0.25, 0.3) is 0 Å². The van der Waals surface area contributed by atoms with Gasteiger partial charge in [0.1, 0.15) is 0 Å². The summed E-state index contributed by atoms with van der Waals surface area (Å²) in [5, 5.41) is 14.9. The zero-order chi connectivity index (χ0) is 22.4. The predicted molar refractivity (Wildman–Crippen MR) is 111 cm³/mol. The van der Waals surface area contributed by atoms with Gasteiger partial charge in [0.2, 0.25) is 10.0 Å². The van der Waals surface area contributed by atoms with Crippen LogP contribution in [-0.2, 0) is 24.4 Å². The van der Waals surface area contributed by atoms with Gasteiger partial charge in [-0.05, 0) is 19.1 Å². The van der Waals surface area contributed by atoms with Crippen molar-refractivity contribution in [2.45, 2.75) is 30.4 Å². The minimum Gasteiger partial charge on any atom is -0.395 e. The summed E-state index contributed by atoms with van der Waals surface area (Å²) in [7, 11) is -3.85. The number of amides is 1. The van der Waals surface area contributed by atoms with E-state index in [0.29, 0.717) is 31.0 Å². The summed E-state index contributed by atoms with van der Waals surface area (Å²) in [5.41, 5.74) is 0.144. The number of sulfonamides is 1. The first kappa shape index (κ1) is 23.2. The molecule has 0 radical (unpaired) electrons. The third-order valence-corrected chi connectivity index (χ3v) is 6.47. The van der Waals surface area contributed by atoms with Crippen LogP contribution in [0.1, 0.15) is 18.9 Å². The Labute approximate surface area is 182 Å². The number of hydrogen-bond acceptors (Lipinski definition) is 9. The van der Waals surface area contributed by atoms with E-state index >= 15 is 0 Å². The molecule has 13 heteroatoms. The fraction of sp³-hybridized carbons (Fsp3) is 0.389. The number of carbonyl (C=O) groups is 1. The number of halogens is 1. The van der Waals surface area contributed by atoms with Crippen LogP contribution in [0.15, 0.2) is 40.5 Å². The Hall–Kier alpha value is -2.45. The van der Waals surface area contributed by atoms with Crippen LogP contribution in [0.2, 0.25) is 0 Å². The summed E-state index contributed by atoms with van der Waals surface area (Å²) in [6, 6.07) is 4.73. The lowest BCUT2D eigenvalue weighted by Gasteiger charge is -2.12. The van der Waals surface area contributed by atoms with Crippen molar-refractivity contribution in [2.24, 2.45) is 5.16 Å². The highest BCUT2D eigenvalue weighted by Crippen LogP contribution is 2.18. The number of aromatic nitrogens is 1. The van der Waals surface area contributed by atoms with Crippen molar-refractivity contribution in [3.05, 3.63) is 41.2 Å². The van der Waals surface area contributed by atoms with Gasteiger partial charge in [0.05, 0.1) is 30.9 Å². The second kappa shape index (κ2) is 10.2. The maximum atomic E-state index is 13.2. The molecule has 0 bridgehead atoms. The van der Waals surface area contributed by atoms with E-state index in [1.165, 1.54) is 31.2 Å². The Bertz CT molecular complexity index is 1040. The minimum atomic E-state index is -3.85. The highest BCUT2D eigenvalue weighted by Gasteiger charge is 2.22. The molecule has 0 unspecified atom stereocenters. The molecule has 31 heavy (non-hydrogen) atoms. The number of hydrogen-bond donors (Lipinski definition) is 3. The summed E-state index contributed by atoms with van der Waals surface area (Å²) in [5.74, 6) is -0.698. The smallest absolute Gasteiger partial charge is 0.280 e. The number of nitrogens with one attached hydrogen (secondary N) is 2. The molecule has 1 aliphatic rings. The number of nitrogens with zero attached hydrogens (tertiary/aromatic N) is 2. The van der Waals surface area contributed by atoms with Gasteiger partial charge in [-0.3, -0.25) is 10.1 Å². The minimum absolute atomic E-state index is 0.0424. The van der Waals surface area contributed by atoms with Crippen molar-refractivity contribution in [3.63, 3.8) is 0 Å². The SMILES string of the molecule is C[C@H](CO)NS(=O)(=O)c1ccc(/C(=N\O[C@@H]2CCOC2)C(=O)Nc2ncc(F)s2)cc1. The predicted octanol–water partition coefficient (Wildman–Crippen LogP) is 1.09. The molecule has 1 aliphatic heterocycles. The van der Waals surface area contributed by atoms with Crippen LogP contribution in [0.4, 0.5) is 9.52 Å². The second-order valence-electron chi connectivity index (χ2n) is 6.68. The first-order valence-electron chi connectivity index (χ1n) is 9.26. The molecule has 1 amide bonds. The fourth-order valence-corrected chi connectivity index (χ4v) is 4.35. The van der Waals surface area contributed by atoms with Crippen molar-refractivity contribution in [3.8, 4) is 0 Å². The van der Waals surface area contributed by atoms with E-state index < -0.39 is 27.1 Å². The van der Waals surface area contributed by atoms with Crippen LogP contribution in [0.3, 0.4) is 0 Å². The lowest BCUT2D eigenvalue weighted by molar-refractivity contribution is -0.110. The average molecular weight is 473 g/mol. The molecule has 0 aliphatic carbocycles. The van der Waals surface area contributed by atoms with E-state index in [4.69, 9.17) is 14.7 Å². The van der Waals surface area contributed by atoms with E-state index in [9.17, 15) is 17.6 Å². The van der Waals surface area contributed by atoms with Crippen LogP contribution in [-0.4, -0.2) is 62.1 Å². The lowest BCUT2D eigenvalue weighted by atomic mass is 10.1. The number of oxime groups is 1. The van der Waals surface area contributed by atoms with Gasteiger partial charge in [0.15, 0.2) is 22.1 Å². The molecule has 1 saturated heterocycles. The van der Waals surface area contributed by atoms with Crippen LogP contribution >= 0.6 is 11.3 Å². The number of aliphatic hydroxyl groups is 1. The molecule has 1 fully saturated rings. The van der Waals surface area contributed by atoms with Crippen molar-refractivity contribution in [1.29, 1.82) is 0 Å². The van der Waals surface area contributed by atoms with Crippen LogP contribution in [0, 0.1) is 5.13 Å². The first-order chi connectivity index (χ1) is 14.8. The van der Waals surface area contributed by atoms with Gasteiger partial charge in [-0.15, -0.1) is 0 Å². The number of ether oxygens (including phenoxy) is 1. The van der Waals surface area contributed by atoms with Gasteiger partial charge in [0.25, 0.3) is 5.91 Å². The monoisotopic (exact) mass is 472 g/mol. The number of carbonyl (C=O) groups excluding carboxylic acids is 1. The summed E-state index contributed by atoms with van der Waals surface area (Å²) >= 11 is 0.652. The zero-order valence-electron chi connectivity index (χ0n) is 16.4. The van der Waals surface area contributed by atoms with E-state index in [1.807, 2.05) is 0 Å². The summed E-state index contributed by atoms with van der Waals surface area (Å²) in [4.78, 5) is 21.8. The Morgan fingerprint density at radius 3 is 2.77 bits per heavy atom. The zero-order valence-corrected chi connectivity index (χ0v) is 18.1. The Balaban J connectivity index is 1.83. The highest BCUT2D eigenvalue weighted by molar-refractivity contribution is 7.89. The van der Waals surface area contributed by atoms with Gasteiger partial charge in [-0.1, -0.05) is 28.6 Å². The normalized spacial score (nSPS) is 18.0. The largest absolute Gasteiger partial charge is 0.395 e. The third-order valence-electron chi connectivity index (χ3n) is 4.16. The molecule has 10 nitrogen and oxygen atoms in total. The van der Waals surface area contributed by atoms with Gasteiger partial charge < -0.3 is 14.7 Å². The topological polar surface area (TPSA) is 139 Å². The quantitative estimate of drug-likeness (QED) is 0.367. The highest BCUT2D eigenvalue weighted by atomic mass is 32.2. The van der Waals surface area contributed by atoms with Crippen LogP contribution in [0.5, 0.6) is 0 Å². The molecule has 1 aromatic heterocycles. The van der Waals surface area contributed by atoms with Gasteiger partial charge in [-0.25, -0.2) is 18.1 Å². The lowest BCUT2D eigenvalue weighted by Crippen LogP contribution is -2.35. The van der Waals surface area contributed by atoms with Gasteiger partial charge >= 0.3 is 0 Å². The van der Waals surface area contributed by atoms with E-state index in [1.54, 1.807) is 0 Å². The Morgan fingerprint density at radius 1 is 1.45 bits per heavy atom. The van der Waals surface area contributed by atoms with Crippen LogP contribution < -0.4 is 10.0 Å². The van der Waals surface area contributed by atoms with Crippen molar-refractivity contribution in [1.82, 2.24) is 9.71 Å². The van der Waals surface area contributed by atoms with Gasteiger partial charge in [0, 0.05) is 18.0 Å². The molecular weight excluding hydrogens is 451 g/mol. The Kier molecular flexibility index (Phi) is 7.67. The summed E-state index contributed by atoms with van der Waals surface area (Å²) < 4.78 is 45.4. The summed E-state index contributed by atoms with van der Waals surface area (Å²) in [6.45, 7) is 2.02. The molecule has 0 spiro atoms. The maximum absolute atomic E-state index is 13.2. The number of aliphatic hydroxyl groups excluding tert-OH is 1. The van der Waals surface area contributed by atoms with Crippen molar-refractivity contribution < 1.29 is 32.3 Å². The molecule has 2 heterocycles. The number of benzene rings is 1. The summed E-state index contributed by atoms with van der Waals surface area (Å²) in [6.07, 6.45) is 1.27. The molecule has 0 saturated carbocycles. The van der Waals surface area contributed by atoms with E-state index in [0.717, 1.165) is 6.20 Å². The van der Waals surface area contributed by atoms with Gasteiger partial charge in [-0.2, -0.15) is 4.39 Å². The van der Waals surface area contributed by atoms with Crippen molar-refractivity contribution >= 4 is 38.1 Å². The molecule has 1 aromatic carbocycles. The standard InChI is InChI=1S/C18H21FN4O6S2/c1-11(9-24)23-31(26,27)14-4-2-12(3-5-14)16(22-29-13-6-7-28-10-13)17(25)21-18-20-8-15(19)30-18/h2-5,8,11,13,23-24H,6-7,9-10H2,1H3,(H,20,21,25)/b22-16+/t11-,13-/m1/s1. The van der Waals surface area contributed by atoms with E-state index in [2.05, 4.69) is 20.2 Å². The Morgan fingerprint density at radius 2 is 2.19 bits per heavy atom. The number of rotatable bonds is 9. The van der Waals surface area contributed by atoms with Crippen molar-refractivity contribution in [2.75, 3.05) is 25.1 Å². The molecule has 3 N–H and O–H groups in total. The molecule has 2 aromatic rings. The average Bonchev–Trinajstić information content (AvgIpc) is 3.40. The first-order valence-corrected chi connectivity index (χ1v) is 11.6. The molecule has 168 valence electrons. The fourth-order valence-electron chi connectivity index (χ4n) is 2.58. The number of anilines is 1. The second-order valence-corrected chi connectivity index (χ2v) is 9.38. The number of thiazole rings is 1.